The van der Waals surface area contributed by atoms with Gasteiger partial charge in [0.1, 0.15) is 5.69 Å². The molecule has 2 saturated heterocycles. The van der Waals surface area contributed by atoms with Gasteiger partial charge in [-0.3, -0.25) is 9.78 Å². The summed E-state index contributed by atoms with van der Waals surface area (Å²) in [5.74, 6) is 0.0979. The second-order valence-corrected chi connectivity index (χ2v) is 5.45. The number of amides is 1. The van der Waals surface area contributed by atoms with Gasteiger partial charge in [0.25, 0.3) is 5.91 Å². The van der Waals surface area contributed by atoms with Crippen LogP contribution in [0.2, 0.25) is 0 Å². The molecule has 4 heteroatoms. The lowest BCUT2D eigenvalue weighted by Crippen LogP contribution is -2.36. The normalized spacial score (nSPS) is 19.8. The summed E-state index contributed by atoms with van der Waals surface area (Å²) in [6.07, 6.45) is 7.75. The molecule has 0 aliphatic carbocycles. The first kappa shape index (κ1) is 12.5. The van der Waals surface area contributed by atoms with Gasteiger partial charge in [-0.25, -0.2) is 0 Å². The molecule has 0 saturated carbocycles. The number of aromatic nitrogens is 1. The molecule has 0 spiro atoms. The van der Waals surface area contributed by atoms with Crippen molar-refractivity contribution in [3.63, 3.8) is 0 Å². The van der Waals surface area contributed by atoms with Gasteiger partial charge in [-0.15, -0.1) is 0 Å². The lowest BCUT2D eigenvalue weighted by atomic mass is 10.1. The average Bonchev–Trinajstić information content (AvgIpc) is 3.02. The maximum Gasteiger partial charge on any atom is 0.272 e. The molecule has 1 aromatic heterocycles. The minimum absolute atomic E-state index is 0.0979. The van der Waals surface area contributed by atoms with Crippen LogP contribution in [-0.2, 0) is 0 Å². The lowest BCUT2D eigenvalue weighted by molar-refractivity contribution is 0.0718. The van der Waals surface area contributed by atoms with Crippen LogP contribution in [0.5, 0.6) is 0 Å². The SMILES string of the molecule is O=C(c1cc(N2CCCC2)ccn1)N1CCCCC1. The summed E-state index contributed by atoms with van der Waals surface area (Å²) in [7, 11) is 0. The van der Waals surface area contributed by atoms with E-state index in [4.69, 9.17) is 0 Å². The summed E-state index contributed by atoms with van der Waals surface area (Å²) in [4.78, 5) is 21.0. The predicted octanol–water partition coefficient (Wildman–Crippen LogP) is 2.31. The van der Waals surface area contributed by atoms with E-state index < -0.39 is 0 Å². The van der Waals surface area contributed by atoms with Crippen LogP contribution in [0.4, 0.5) is 5.69 Å². The summed E-state index contributed by atoms with van der Waals surface area (Å²) in [5.41, 5.74) is 1.75. The quantitative estimate of drug-likeness (QED) is 0.817. The number of likely N-dealkylation sites (tertiary alicyclic amines) is 1. The molecule has 1 amide bonds. The first-order valence-electron chi connectivity index (χ1n) is 7.35. The zero-order chi connectivity index (χ0) is 13.1. The highest BCUT2D eigenvalue weighted by molar-refractivity contribution is 5.93. The van der Waals surface area contributed by atoms with E-state index in [1.54, 1.807) is 6.20 Å². The Labute approximate surface area is 114 Å². The zero-order valence-electron chi connectivity index (χ0n) is 11.3. The zero-order valence-corrected chi connectivity index (χ0v) is 11.3. The molecule has 0 aromatic carbocycles. The number of pyridine rings is 1. The third-order valence-corrected chi connectivity index (χ3v) is 4.08. The van der Waals surface area contributed by atoms with Crippen molar-refractivity contribution in [1.29, 1.82) is 0 Å². The molecule has 2 aliphatic rings. The van der Waals surface area contributed by atoms with E-state index in [1.165, 1.54) is 19.3 Å². The van der Waals surface area contributed by atoms with Crippen molar-refractivity contribution in [1.82, 2.24) is 9.88 Å². The van der Waals surface area contributed by atoms with Crippen molar-refractivity contribution in [3.8, 4) is 0 Å². The monoisotopic (exact) mass is 259 g/mol. The Morgan fingerprint density at radius 3 is 2.42 bits per heavy atom. The Balaban J connectivity index is 1.76. The molecule has 0 bridgehead atoms. The van der Waals surface area contributed by atoms with E-state index in [0.717, 1.165) is 44.7 Å². The second kappa shape index (κ2) is 5.59. The van der Waals surface area contributed by atoms with E-state index >= 15 is 0 Å². The summed E-state index contributed by atoms with van der Waals surface area (Å²) in [5, 5.41) is 0. The van der Waals surface area contributed by atoms with Crippen molar-refractivity contribution in [2.75, 3.05) is 31.1 Å². The number of piperidine rings is 1. The van der Waals surface area contributed by atoms with Gasteiger partial charge >= 0.3 is 0 Å². The summed E-state index contributed by atoms with van der Waals surface area (Å²) in [6.45, 7) is 3.96. The van der Waals surface area contributed by atoms with Crippen LogP contribution in [-0.4, -0.2) is 42.0 Å². The molecule has 3 rings (SSSR count). The molecule has 0 radical (unpaired) electrons. The minimum atomic E-state index is 0.0979. The fourth-order valence-electron chi connectivity index (χ4n) is 2.97. The topological polar surface area (TPSA) is 36.4 Å². The van der Waals surface area contributed by atoms with Gasteiger partial charge in [-0.1, -0.05) is 0 Å². The Hall–Kier alpha value is -1.58. The van der Waals surface area contributed by atoms with Crippen molar-refractivity contribution >= 4 is 11.6 Å². The summed E-state index contributed by atoms with van der Waals surface area (Å²) >= 11 is 0. The third kappa shape index (κ3) is 2.72. The van der Waals surface area contributed by atoms with Gasteiger partial charge < -0.3 is 9.80 Å². The van der Waals surface area contributed by atoms with E-state index in [2.05, 4.69) is 9.88 Å². The van der Waals surface area contributed by atoms with E-state index in [-0.39, 0.29) is 5.91 Å². The molecule has 3 heterocycles. The van der Waals surface area contributed by atoms with E-state index in [1.807, 2.05) is 17.0 Å². The highest BCUT2D eigenvalue weighted by Crippen LogP contribution is 2.21. The largest absolute Gasteiger partial charge is 0.371 e. The molecule has 19 heavy (non-hydrogen) atoms. The number of nitrogens with zero attached hydrogens (tertiary/aromatic N) is 3. The Morgan fingerprint density at radius 2 is 1.68 bits per heavy atom. The number of rotatable bonds is 2. The molecule has 102 valence electrons. The molecule has 0 N–H and O–H groups in total. The number of carbonyl (C=O) groups excluding carboxylic acids is 1. The van der Waals surface area contributed by atoms with Gasteiger partial charge in [0.05, 0.1) is 0 Å². The van der Waals surface area contributed by atoms with Gasteiger partial charge in [-0.05, 0) is 44.2 Å². The van der Waals surface area contributed by atoms with E-state index in [9.17, 15) is 4.79 Å². The summed E-state index contributed by atoms with van der Waals surface area (Å²) < 4.78 is 0. The van der Waals surface area contributed by atoms with Crippen LogP contribution in [0, 0.1) is 0 Å². The van der Waals surface area contributed by atoms with Gasteiger partial charge in [0.15, 0.2) is 0 Å². The highest BCUT2D eigenvalue weighted by atomic mass is 16.2. The first-order valence-corrected chi connectivity index (χ1v) is 7.35. The minimum Gasteiger partial charge on any atom is -0.371 e. The van der Waals surface area contributed by atoms with Gasteiger partial charge in [0, 0.05) is 38.1 Å². The highest BCUT2D eigenvalue weighted by Gasteiger charge is 2.20. The maximum absolute atomic E-state index is 12.4. The van der Waals surface area contributed by atoms with Crippen LogP contribution in [0.1, 0.15) is 42.6 Å². The van der Waals surface area contributed by atoms with Crippen LogP contribution in [0.3, 0.4) is 0 Å². The third-order valence-electron chi connectivity index (χ3n) is 4.08. The number of hydrogen-bond donors (Lipinski definition) is 0. The first-order chi connectivity index (χ1) is 9.34. The Bertz CT molecular complexity index is 448. The molecule has 4 nitrogen and oxygen atoms in total. The molecule has 0 atom stereocenters. The molecule has 0 unspecified atom stereocenters. The lowest BCUT2D eigenvalue weighted by Gasteiger charge is -2.26. The summed E-state index contributed by atoms with van der Waals surface area (Å²) in [6, 6.07) is 3.97. The average molecular weight is 259 g/mol. The molecular formula is C15H21N3O. The fourth-order valence-corrected chi connectivity index (χ4v) is 2.97. The fraction of sp³-hybridized carbons (Fsp3) is 0.600. The second-order valence-electron chi connectivity index (χ2n) is 5.45. The van der Waals surface area contributed by atoms with Crippen LogP contribution >= 0.6 is 0 Å². The van der Waals surface area contributed by atoms with Crippen molar-refractivity contribution in [3.05, 3.63) is 24.0 Å². The molecule has 1 aromatic rings. The van der Waals surface area contributed by atoms with Crippen molar-refractivity contribution in [2.45, 2.75) is 32.1 Å². The number of carbonyl (C=O) groups is 1. The molecule has 2 fully saturated rings. The van der Waals surface area contributed by atoms with Gasteiger partial charge in [0.2, 0.25) is 0 Å². The standard InChI is InChI=1S/C15H21N3O/c19-15(18-10-2-1-3-11-18)14-12-13(6-7-16-14)17-8-4-5-9-17/h6-7,12H,1-5,8-11H2. The predicted molar refractivity (Wildman–Crippen MR) is 75.4 cm³/mol. The van der Waals surface area contributed by atoms with Gasteiger partial charge in [-0.2, -0.15) is 0 Å². The Morgan fingerprint density at radius 1 is 1.00 bits per heavy atom. The maximum atomic E-state index is 12.4. The number of anilines is 1. The Kier molecular flexibility index (Phi) is 3.67. The van der Waals surface area contributed by atoms with Crippen molar-refractivity contribution in [2.24, 2.45) is 0 Å². The molecule has 2 aliphatic heterocycles. The molecular weight excluding hydrogens is 238 g/mol. The number of hydrogen-bond acceptors (Lipinski definition) is 3. The van der Waals surface area contributed by atoms with Crippen LogP contribution in [0.15, 0.2) is 18.3 Å². The van der Waals surface area contributed by atoms with Crippen LogP contribution < -0.4 is 4.90 Å². The van der Waals surface area contributed by atoms with E-state index in [0.29, 0.717) is 5.69 Å². The van der Waals surface area contributed by atoms with Crippen molar-refractivity contribution < 1.29 is 4.79 Å². The smallest absolute Gasteiger partial charge is 0.272 e. The van der Waals surface area contributed by atoms with Crippen LogP contribution in [0.25, 0.3) is 0 Å².